The molecule has 0 bridgehead atoms. The molecule has 3 rings (SSSR count). The van der Waals surface area contributed by atoms with Crippen molar-refractivity contribution >= 4 is 23.6 Å². The van der Waals surface area contributed by atoms with Gasteiger partial charge in [-0.25, -0.2) is 4.39 Å². The maximum Gasteiger partial charge on any atom is 0.237 e. The van der Waals surface area contributed by atoms with Gasteiger partial charge in [0.1, 0.15) is 17.5 Å². The van der Waals surface area contributed by atoms with Crippen molar-refractivity contribution in [3.05, 3.63) is 59.4 Å². The van der Waals surface area contributed by atoms with Crippen LogP contribution in [-0.2, 0) is 9.59 Å². The smallest absolute Gasteiger partial charge is 0.237 e. The van der Waals surface area contributed by atoms with E-state index in [9.17, 15) is 14.0 Å². The van der Waals surface area contributed by atoms with E-state index in [1.54, 1.807) is 37.4 Å². The highest BCUT2D eigenvalue weighted by molar-refractivity contribution is 6.07. The lowest BCUT2D eigenvalue weighted by Gasteiger charge is -2.09. The van der Waals surface area contributed by atoms with Gasteiger partial charge in [-0.1, -0.05) is 19.9 Å². The van der Waals surface area contributed by atoms with E-state index in [0.29, 0.717) is 30.4 Å². The number of nitrogens with zero attached hydrogens (tertiary/aromatic N) is 1. The molecule has 2 N–H and O–H groups in total. The van der Waals surface area contributed by atoms with Crippen LogP contribution in [0.2, 0.25) is 0 Å². The zero-order chi connectivity index (χ0) is 21.2. The van der Waals surface area contributed by atoms with Crippen LogP contribution in [0.3, 0.4) is 0 Å². The SMILES string of the molecule is CC.CNc1ccc(F)cc1.Cc1ccc(NC(=O)C2(C=O)CC2)cc1C#N. The van der Waals surface area contributed by atoms with Crippen molar-refractivity contribution in [2.45, 2.75) is 33.6 Å². The van der Waals surface area contributed by atoms with Crippen molar-refractivity contribution in [2.75, 3.05) is 17.7 Å². The van der Waals surface area contributed by atoms with Crippen LogP contribution in [-0.4, -0.2) is 19.2 Å². The molecule has 0 unspecified atom stereocenters. The highest BCUT2D eigenvalue weighted by Gasteiger charge is 2.50. The van der Waals surface area contributed by atoms with Crippen LogP contribution >= 0.6 is 0 Å². The molecule has 5 nitrogen and oxygen atoms in total. The summed E-state index contributed by atoms with van der Waals surface area (Å²) in [5, 5.41) is 14.4. The number of anilines is 2. The van der Waals surface area contributed by atoms with Gasteiger partial charge < -0.3 is 15.4 Å². The molecule has 2 aromatic carbocycles. The molecule has 0 aromatic heterocycles. The third-order valence-electron chi connectivity index (χ3n) is 4.22. The predicted molar refractivity (Wildman–Crippen MR) is 110 cm³/mol. The fraction of sp³-hybridized carbons (Fsp3) is 0.318. The number of amides is 1. The number of benzene rings is 2. The normalized spacial score (nSPS) is 12.7. The number of hydrogen-bond acceptors (Lipinski definition) is 4. The summed E-state index contributed by atoms with van der Waals surface area (Å²) in [5.41, 5.74) is 2.06. The molecule has 0 aliphatic heterocycles. The summed E-state index contributed by atoms with van der Waals surface area (Å²) in [6.07, 6.45) is 1.93. The second-order valence-corrected chi connectivity index (χ2v) is 6.13. The van der Waals surface area contributed by atoms with Crippen LogP contribution < -0.4 is 10.6 Å². The molecule has 1 aliphatic carbocycles. The van der Waals surface area contributed by atoms with Gasteiger partial charge in [-0.05, 0) is 61.7 Å². The Balaban J connectivity index is 0.000000301. The Morgan fingerprint density at radius 1 is 1.14 bits per heavy atom. The Hall–Kier alpha value is -3.20. The van der Waals surface area contributed by atoms with Crippen molar-refractivity contribution in [3.63, 3.8) is 0 Å². The van der Waals surface area contributed by atoms with Gasteiger partial charge in [0.15, 0.2) is 0 Å². The zero-order valence-electron chi connectivity index (χ0n) is 16.7. The van der Waals surface area contributed by atoms with Gasteiger partial charge in [0.2, 0.25) is 5.91 Å². The van der Waals surface area contributed by atoms with Gasteiger partial charge in [0.25, 0.3) is 0 Å². The second-order valence-electron chi connectivity index (χ2n) is 6.13. The minimum Gasteiger partial charge on any atom is -0.388 e. The number of aldehydes is 1. The van der Waals surface area contributed by atoms with E-state index < -0.39 is 5.41 Å². The molecule has 0 spiro atoms. The number of rotatable bonds is 4. The molecule has 0 heterocycles. The number of carbonyl (C=O) groups excluding carboxylic acids is 2. The van der Waals surface area contributed by atoms with Crippen LogP contribution in [0.15, 0.2) is 42.5 Å². The highest BCUT2D eigenvalue weighted by atomic mass is 19.1. The van der Waals surface area contributed by atoms with Gasteiger partial charge in [-0.3, -0.25) is 4.79 Å². The highest BCUT2D eigenvalue weighted by Crippen LogP contribution is 2.44. The van der Waals surface area contributed by atoms with Crippen LogP contribution in [0.1, 0.15) is 37.8 Å². The van der Waals surface area contributed by atoms with Crippen molar-refractivity contribution in [3.8, 4) is 6.07 Å². The molecule has 1 aliphatic rings. The van der Waals surface area contributed by atoms with Crippen molar-refractivity contribution in [1.29, 1.82) is 5.26 Å². The lowest BCUT2D eigenvalue weighted by molar-refractivity contribution is -0.126. The van der Waals surface area contributed by atoms with Gasteiger partial charge >= 0.3 is 0 Å². The molecular formula is C22H26FN3O2. The molecule has 1 fully saturated rings. The first-order valence-electron chi connectivity index (χ1n) is 9.16. The molecule has 148 valence electrons. The first kappa shape index (κ1) is 22.8. The third kappa shape index (κ3) is 6.20. The van der Waals surface area contributed by atoms with Crippen LogP contribution in [0.4, 0.5) is 15.8 Å². The molecule has 1 amide bonds. The molecule has 2 aromatic rings. The van der Waals surface area contributed by atoms with Crippen molar-refractivity contribution < 1.29 is 14.0 Å². The number of carbonyl (C=O) groups is 2. The van der Waals surface area contributed by atoms with Gasteiger partial charge in [-0.15, -0.1) is 0 Å². The third-order valence-corrected chi connectivity index (χ3v) is 4.22. The van der Waals surface area contributed by atoms with E-state index in [2.05, 4.69) is 16.7 Å². The second kappa shape index (κ2) is 10.8. The van der Waals surface area contributed by atoms with E-state index in [0.717, 1.165) is 11.3 Å². The Bertz CT molecular complexity index is 838. The van der Waals surface area contributed by atoms with Gasteiger partial charge in [0.05, 0.1) is 11.6 Å². The summed E-state index contributed by atoms with van der Waals surface area (Å²) in [7, 11) is 1.80. The van der Waals surface area contributed by atoms with E-state index in [4.69, 9.17) is 5.26 Å². The summed E-state index contributed by atoms with van der Waals surface area (Å²) in [4.78, 5) is 22.6. The van der Waals surface area contributed by atoms with Crippen molar-refractivity contribution in [2.24, 2.45) is 5.41 Å². The molecule has 28 heavy (non-hydrogen) atoms. The number of aryl methyl sites for hydroxylation is 1. The summed E-state index contributed by atoms with van der Waals surface area (Å²) in [5.74, 6) is -0.478. The monoisotopic (exact) mass is 383 g/mol. The van der Waals surface area contributed by atoms with Gasteiger partial charge in [-0.2, -0.15) is 5.26 Å². The molecule has 6 heteroatoms. The fourth-order valence-corrected chi connectivity index (χ4v) is 2.23. The number of hydrogen-bond donors (Lipinski definition) is 2. The fourth-order valence-electron chi connectivity index (χ4n) is 2.23. The van der Waals surface area contributed by atoms with Crippen molar-refractivity contribution in [1.82, 2.24) is 0 Å². The Labute approximate surface area is 165 Å². The largest absolute Gasteiger partial charge is 0.388 e. The number of halogens is 1. The van der Waals surface area contributed by atoms with Crippen LogP contribution in [0.5, 0.6) is 0 Å². The maximum absolute atomic E-state index is 12.2. The summed E-state index contributed by atoms with van der Waals surface area (Å²) in [6.45, 7) is 5.83. The molecular weight excluding hydrogens is 357 g/mol. The van der Waals surface area contributed by atoms with Gasteiger partial charge in [0, 0.05) is 18.4 Å². The topological polar surface area (TPSA) is 82.0 Å². The molecule has 1 saturated carbocycles. The first-order chi connectivity index (χ1) is 13.4. The zero-order valence-corrected chi connectivity index (χ0v) is 16.7. The Morgan fingerprint density at radius 2 is 1.71 bits per heavy atom. The Morgan fingerprint density at radius 3 is 2.18 bits per heavy atom. The molecule has 0 atom stereocenters. The quantitative estimate of drug-likeness (QED) is 0.593. The van der Waals surface area contributed by atoms with E-state index in [1.807, 2.05) is 20.8 Å². The minimum atomic E-state index is -0.822. The van der Waals surface area contributed by atoms with Crippen LogP contribution in [0.25, 0.3) is 0 Å². The maximum atomic E-state index is 12.2. The average Bonchev–Trinajstić information content (AvgIpc) is 3.53. The summed E-state index contributed by atoms with van der Waals surface area (Å²) < 4.78 is 12.2. The van der Waals surface area contributed by atoms with E-state index >= 15 is 0 Å². The minimum absolute atomic E-state index is 0.200. The average molecular weight is 383 g/mol. The number of nitriles is 1. The summed E-state index contributed by atoms with van der Waals surface area (Å²) >= 11 is 0. The van der Waals surface area contributed by atoms with E-state index in [-0.39, 0.29) is 11.7 Å². The lowest BCUT2D eigenvalue weighted by Crippen LogP contribution is -2.25. The molecule has 0 radical (unpaired) electrons. The first-order valence-corrected chi connectivity index (χ1v) is 9.16. The Kier molecular flexibility index (Phi) is 8.83. The van der Waals surface area contributed by atoms with E-state index in [1.165, 1.54) is 12.1 Å². The lowest BCUT2D eigenvalue weighted by atomic mass is 10.1. The summed E-state index contributed by atoms with van der Waals surface area (Å²) in [6, 6.07) is 13.4. The predicted octanol–water partition coefficient (Wildman–Crippen LogP) is 4.68. The van der Waals surface area contributed by atoms with Crippen LogP contribution in [0, 0.1) is 29.5 Å². The molecule has 0 saturated heterocycles. The standard InChI is InChI=1S/C13H12N2O2.C7H8FN.C2H6/c1-9-2-3-11(6-10(9)7-14)15-12(17)13(8-16)4-5-13;1-9-7-4-2-6(8)3-5-7;1-2/h2-3,6,8H,4-5H2,1H3,(H,15,17);2-5,9H,1H3;1-2H3. The number of nitrogens with one attached hydrogen (secondary N) is 2.